The topological polar surface area (TPSA) is 26.3 Å². The van der Waals surface area contributed by atoms with Crippen LogP contribution in [0.25, 0.3) is 0 Å². The Hall–Kier alpha value is 0.820. The van der Waals surface area contributed by atoms with Crippen molar-refractivity contribution in [1.29, 1.82) is 0 Å². The number of carbonyl (C=O) groups is 1. The lowest BCUT2D eigenvalue weighted by atomic mass is 9.83. The van der Waals surface area contributed by atoms with Crippen LogP contribution in [0, 0.1) is 11.8 Å². The van der Waals surface area contributed by atoms with Gasteiger partial charge in [-0.25, -0.2) is 0 Å². The molecule has 2 nitrogen and oxygen atoms in total. The first kappa shape index (κ1) is 13.9. The highest BCUT2D eigenvalue weighted by molar-refractivity contribution is 9.09. The van der Waals surface area contributed by atoms with Gasteiger partial charge in [-0.3, -0.25) is 4.79 Å². The molecule has 0 aromatic rings. The summed E-state index contributed by atoms with van der Waals surface area (Å²) >= 11 is 20.5. The zero-order chi connectivity index (χ0) is 11.9. The fraction of sp³-hybridized carbons (Fsp3) is 0.889. The first-order valence-electron chi connectivity index (χ1n) is 4.53. The van der Waals surface area contributed by atoms with Crippen molar-refractivity contribution in [2.45, 2.75) is 29.7 Å². The quantitative estimate of drug-likeness (QED) is 0.567. The first-order chi connectivity index (χ1) is 6.67. The lowest BCUT2D eigenvalue weighted by Gasteiger charge is -2.26. The van der Waals surface area contributed by atoms with Crippen LogP contribution < -0.4 is 0 Å². The lowest BCUT2D eigenvalue weighted by Crippen LogP contribution is -2.32. The van der Waals surface area contributed by atoms with Gasteiger partial charge >= 0.3 is 5.97 Å². The highest BCUT2D eigenvalue weighted by atomic mass is 79.9. The minimum absolute atomic E-state index is 0.0284. The Balaban J connectivity index is 2.83. The molecule has 0 saturated carbocycles. The van der Waals surface area contributed by atoms with E-state index in [0.717, 1.165) is 0 Å². The highest BCUT2D eigenvalue weighted by Crippen LogP contribution is 2.45. The standard InChI is InChI=1S/C9H12BrCl3O2/c1-8(2)6(4-10)5(7(14)15-8)3-9(11,12)13/h5-6H,3-4H2,1-2H3/t5-,6-/m0/s1. The molecule has 0 aromatic carbocycles. The molecule has 1 fully saturated rings. The van der Waals surface area contributed by atoms with E-state index in [9.17, 15) is 4.79 Å². The van der Waals surface area contributed by atoms with E-state index in [2.05, 4.69) is 15.9 Å². The third kappa shape index (κ3) is 3.39. The summed E-state index contributed by atoms with van der Waals surface area (Å²) in [6.45, 7) is 3.74. The summed E-state index contributed by atoms with van der Waals surface area (Å²) in [5.41, 5.74) is -0.499. The zero-order valence-corrected chi connectivity index (χ0v) is 12.3. The van der Waals surface area contributed by atoms with E-state index < -0.39 is 9.39 Å². The average molecular weight is 338 g/mol. The number of carbonyl (C=O) groups excluding carboxylic acids is 1. The normalized spacial score (nSPS) is 30.4. The van der Waals surface area contributed by atoms with Crippen molar-refractivity contribution in [3.05, 3.63) is 0 Å². The van der Waals surface area contributed by atoms with Gasteiger partial charge in [-0.05, 0) is 13.8 Å². The highest BCUT2D eigenvalue weighted by Gasteiger charge is 2.51. The van der Waals surface area contributed by atoms with Gasteiger partial charge in [0.15, 0.2) is 3.79 Å². The van der Waals surface area contributed by atoms with Gasteiger partial charge in [-0.2, -0.15) is 0 Å². The molecule has 1 aliphatic heterocycles. The van der Waals surface area contributed by atoms with Crippen LogP contribution in [0.2, 0.25) is 0 Å². The number of hydrogen-bond acceptors (Lipinski definition) is 2. The van der Waals surface area contributed by atoms with Gasteiger partial charge in [-0.15, -0.1) is 0 Å². The molecular weight excluding hydrogens is 326 g/mol. The van der Waals surface area contributed by atoms with Gasteiger partial charge in [0.1, 0.15) is 5.60 Å². The second-order valence-corrected chi connectivity index (χ2v) is 7.37. The number of halogens is 4. The Morgan fingerprint density at radius 3 is 2.40 bits per heavy atom. The third-order valence-corrected chi connectivity index (χ3v) is 3.82. The van der Waals surface area contributed by atoms with Crippen molar-refractivity contribution >= 4 is 56.7 Å². The molecule has 2 atom stereocenters. The van der Waals surface area contributed by atoms with Gasteiger partial charge in [0.2, 0.25) is 0 Å². The average Bonchev–Trinajstić information content (AvgIpc) is 2.18. The van der Waals surface area contributed by atoms with E-state index in [1.807, 2.05) is 13.8 Å². The fourth-order valence-corrected chi connectivity index (χ4v) is 3.56. The number of hydrogen-bond donors (Lipinski definition) is 0. The first-order valence-corrected chi connectivity index (χ1v) is 6.78. The summed E-state index contributed by atoms with van der Waals surface area (Å²) in [6, 6.07) is 0. The molecule has 88 valence electrons. The summed E-state index contributed by atoms with van der Waals surface area (Å²) in [4.78, 5) is 11.6. The van der Waals surface area contributed by atoms with Crippen LogP contribution in [-0.2, 0) is 9.53 Å². The Morgan fingerprint density at radius 1 is 1.47 bits per heavy atom. The zero-order valence-electron chi connectivity index (χ0n) is 8.40. The molecule has 0 spiro atoms. The number of cyclic esters (lactones) is 1. The number of esters is 1. The summed E-state index contributed by atoms with van der Waals surface area (Å²) < 4.78 is 3.85. The maximum Gasteiger partial charge on any atom is 0.310 e. The SMILES string of the molecule is CC1(C)OC(=O)[C@@H](CC(Cl)(Cl)Cl)[C@@H]1CBr. The van der Waals surface area contributed by atoms with E-state index >= 15 is 0 Å². The number of ether oxygens (including phenoxy) is 1. The maximum atomic E-state index is 11.6. The summed E-state index contributed by atoms with van der Waals surface area (Å²) in [6.07, 6.45) is 0.191. The van der Waals surface area contributed by atoms with Crippen LogP contribution in [0.15, 0.2) is 0 Å². The smallest absolute Gasteiger partial charge is 0.310 e. The predicted molar refractivity (Wildman–Crippen MR) is 65.9 cm³/mol. The van der Waals surface area contributed by atoms with E-state index in [4.69, 9.17) is 39.5 Å². The molecule has 0 aliphatic carbocycles. The molecule has 1 saturated heterocycles. The van der Waals surface area contributed by atoms with E-state index in [1.54, 1.807) is 0 Å². The molecule has 0 amide bonds. The molecule has 0 unspecified atom stereocenters. The molecule has 1 aliphatic rings. The van der Waals surface area contributed by atoms with Crippen LogP contribution in [0.1, 0.15) is 20.3 Å². The fourth-order valence-electron chi connectivity index (χ4n) is 1.83. The van der Waals surface area contributed by atoms with Crippen molar-refractivity contribution in [1.82, 2.24) is 0 Å². The molecule has 6 heteroatoms. The van der Waals surface area contributed by atoms with Gasteiger partial charge in [0.05, 0.1) is 5.92 Å². The van der Waals surface area contributed by atoms with E-state index in [-0.39, 0.29) is 24.2 Å². The largest absolute Gasteiger partial charge is 0.459 e. The lowest BCUT2D eigenvalue weighted by molar-refractivity contribution is -0.148. The van der Waals surface area contributed by atoms with Crippen LogP contribution in [0.5, 0.6) is 0 Å². The van der Waals surface area contributed by atoms with Crippen LogP contribution >= 0.6 is 50.7 Å². The molecule has 1 heterocycles. The Labute approximate surface area is 113 Å². The van der Waals surface area contributed by atoms with Crippen LogP contribution in [0.4, 0.5) is 0 Å². The van der Waals surface area contributed by atoms with Gasteiger partial charge in [0, 0.05) is 17.7 Å². The van der Waals surface area contributed by atoms with Crippen molar-refractivity contribution in [2.75, 3.05) is 5.33 Å². The maximum absolute atomic E-state index is 11.6. The monoisotopic (exact) mass is 336 g/mol. The number of alkyl halides is 4. The van der Waals surface area contributed by atoms with Crippen molar-refractivity contribution < 1.29 is 9.53 Å². The minimum atomic E-state index is -1.41. The van der Waals surface area contributed by atoms with E-state index in [0.29, 0.717) is 5.33 Å². The Bertz CT molecular complexity index is 263. The Kier molecular flexibility index (Phi) is 4.25. The molecule has 15 heavy (non-hydrogen) atoms. The molecule has 1 rings (SSSR count). The minimum Gasteiger partial charge on any atom is -0.459 e. The van der Waals surface area contributed by atoms with Crippen molar-refractivity contribution in [2.24, 2.45) is 11.8 Å². The second kappa shape index (κ2) is 4.59. The summed E-state index contributed by atoms with van der Waals surface area (Å²) in [7, 11) is 0. The third-order valence-electron chi connectivity index (χ3n) is 2.66. The van der Waals surface area contributed by atoms with Crippen LogP contribution in [-0.4, -0.2) is 20.7 Å². The van der Waals surface area contributed by atoms with Gasteiger partial charge in [-0.1, -0.05) is 50.7 Å². The van der Waals surface area contributed by atoms with Crippen molar-refractivity contribution in [3.63, 3.8) is 0 Å². The number of rotatable bonds is 2. The van der Waals surface area contributed by atoms with Gasteiger partial charge < -0.3 is 4.74 Å². The summed E-state index contributed by atoms with van der Waals surface area (Å²) in [5.74, 6) is -0.608. The summed E-state index contributed by atoms with van der Waals surface area (Å²) in [5, 5.41) is 0.650. The predicted octanol–water partition coefficient (Wildman–Crippen LogP) is 3.71. The molecule has 0 bridgehead atoms. The van der Waals surface area contributed by atoms with Crippen molar-refractivity contribution in [3.8, 4) is 0 Å². The molecule has 0 radical (unpaired) electrons. The molecular formula is C9H12BrCl3O2. The van der Waals surface area contributed by atoms with Gasteiger partial charge in [0.25, 0.3) is 0 Å². The Morgan fingerprint density at radius 2 is 2.00 bits per heavy atom. The molecule has 0 N–H and O–H groups in total. The van der Waals surface area contributed by atoms with E-state index in [1.165, 1.54) is 0 Å². The van der Waals surface area contributed by atoms with Crippen LogP contribution in [0.3, 0.4) is 0 Å². The molecule has 0 aromatic heterocycles. The second-order valence-electron chi connectivity index (χ2n) is 4.21.